The molecule has 1 heterocycles. The molecular formula is C21H30FNO3. The smallest absolute Gasteiger partial charge is 0.303 e. The van der Waals surface area contributed by atoms with Crippen LogP contribution in [0.25, 0.3) is 0 Å². The summed E-state index contributed by atoms with van der Waals surface area (Å²) in [5.41, 5.74) is -0.205. The summed E-state index contributed by atoms with van der Waals surface area (Å²) in [5.74, 6) is -0.0813. The van der Waals surface area contributed by atoms with Gasteiger partial charge in [0.05, 0.1) is 0 Å². The molecule has 2 unspecified atom stereocenters. The second-order valence-electron chi connectivity index (χ2n) is 9.66. The Morgan fingerprint density at radius 2 is 1.96 bits per heavy atom. The van der Waals surface area contributed by atoms with E-state index in [1.165, 1.54) is 0 Å². The number of carbonyl (C=O) groups is 2. The van der Waals surface area contributed by atoms with Crippen LogP contribution >= 0.6 is 0 Å². The van der Waals surface area contributed by atoms with Gasteiger partial charge in [-0.05, 0) is 73.7 Å². The zero-order valence-electron chi connectivity index (χ0n) is 16.0. The van der Waals surface area contributed by atoms with Crippen LogP contribution < -0.4 is 0 Å². The molecule has 5 heteroatoms. The normalized spacial score (nSPS) is 47.7. The Morgan fingerprint density at radius 3 is 2.65 bits per heavy atom. The SMILES string of the molecule is CN1C(=O)C(F)=C[C@]2(C)C3CC[C@]4(C)[C@@H](CC(=O)O)CC[C@H]4C3CC[C@@H]12. The van der Waals surface area contributed by atoms with Gasteiger partial charge in [0, 0.05) is 24.9 Å². The first-order valence-corrected chi connectivity index (χ1v) is 10.1. The molecule has 1 amide bonds. The lowest BCUT2D eigenvalue weighted by Gasteiger charge is -2.60. The zero-order valence-corrected chi connectivity index (χ0v) is 16.0. The molecule has 0 aromatic carbocycles. The third-order valence-corrected chi connectivity index (χ3v) is 8.77. The second-order valence-corrected chi connectivity index (χ2v) is 9.66. The molecule has 1 N–H and O–H groups in total. The average molecular weight is 363 g/mol. The number of hydrogen-bond acceptors (Lipinski definition) is 2. The van der Waals surface area contributed by atoms with Crippen molar-refractivity contribution < 1.29 is 19.1 Å². The van der Waals surface area contributed by atoms with Crippen molar-refractivity contribution in [2.24, 2.45) is 34.5 Å². The van der Waals surface area contributed by atoms with Gasteiger partial charge in [-0.25, -0.2) is 4.39 Å². The van der Waals surface area contributed by atoms with Crippen LogP contribution in [0.5, 0.6) is 0 Å². The Balaban J connectivity index is 1.66. The van der Waals surface area contributed by atoms with E-state index in [1.54, 1.807) is 18.0 Å². The summed E-state index contributed by atoms with van der Waals surface area (Å²) in [7, 11) is 1.74. The van der Waals surface area contributed by atoms with Crippen molar-refractivity contribution >= 4 is 11.9 Å². The van der Waals surface area contributed by atoms with E-state index in [4.69, 9.17) is 0 Å². The number of carboxylic acid groups (broad SMARTS) is 1. The largest absolute Gasteiger partial charge is 0.481 e. The number of carbonyl (C=O) groups excluding carboxylic acids is 1. The maximum Gasteiger partial charge on any atom is 0.303 e. The van der Waals surface area contributed by atoms with Crippen LogP contribution in [0.1, 0.15) is 58.8 Å². The highest BCUT2D eigenvalue weighted by molar-refractivity contribution is 5.92. The minimum atomic E-state index is -0.688. The fourth-order valence-corrected chi connectivity index (χ4v) is 7.48. The molecule has 144 valence electrons. The molecule has 26 heavy (non-hydrogen) atoms. The van der Waals surface area contributed by atoms with Crippen LogP contribution in [0.2, 0.25) is 0 Å². The van der Waals surface area contributed by atoms with Crippen LogP contribution in [0.3, 0.4) is 0 Å². The van der Waals surface area contributed by atoms with Gasteiger partial charge in [0.1, 0.15) is 0 Å². The summed E-state index contributed by atoms with van der Waals surface area (Å²) < 4.78 is 14.4. The molecule has 1 aliphatic heterocycles. The van der Waals surface area contributed by atoms with E-state index in [0.29, 0.717) is 17.8 Å². The fraction of sp³-hybridized carbons (Fsp3) is 0.810. The zero-order chi connectivity index (χ0) is 18.9. The highest BCUT2D eigenvalue weighted by Crippen LogP contribution is 2.66. The van der Waals surface area contributed by atoms with Gasteiger partial charge >= 0.3 is 5.97 Å². The molecule has 0 saturated heterocycles. The highest BCUT2D eigenvalue weighted by Gasteiger charge is 2.61. The molecule has 3 aliphatic carbocycles. The lowest BCUT2D eigenvalue weighted by molar-refractivity contribution is -0.144. The third-order valence-electron chi connectivity index (χ3n) is 8.77. The standard InChI is InChI=1S/C21H30FNO3/c1-20-9-8-15-13(14(20)6-4-12(20)10-18(24)25)5-7-17-21(15,2)11-16(22)19(26)23(17)3/h11-15,17H,4-10H2,1-3H3,(H,24,25)/t12-,13?,14+,15?,17-,20-,21-/m1/s1. The molecular weight excluding hydrogens is 333 g/mol. The molecule has 0 radical (unpaired) electrons. The van der Waals surface area contributed by atoms with E-state index >= 15 is 0 Å². The first-order chi connectivity index (χ1) is 12.2. The monoisotopic (exact) mass is 363 g/mol. The lowest BCUT2D eigenvalue weighted by Crippen LogP contribution is -2.60. The minimum absolute atomic E-state index is 0.0799. The fourth-order valence-electron chi connectivity index (χ4n) is 7.48. The van der Waals surface area contributed by atoms with Gasteiger partial charge in [0.2, 0.25) is 0 Å². The van der Waals surface area contributed by atoms with Crippen molar-refractivity contribution in [2.45, 2.75) is 64.8 Å². The Bertz CT molecular complexity index is 676. The summed E-state index contributed by atoms with van der Waals surface area (Å²) in [6.07, 6.45) is 8.01. The summed E-state index contributed by atoms with van der Waals surface area (Å²) in [6.45, 7) is 4.44. The molecule has 3 fully saturated rings. The van der Waals surface area contributed by atoms with E-state index in [-0.39, 0.29) is 29.2 Å². The number of hydrogen-bond donors (Lipinski definition) is 1. The first kappa shape index (κ1) is 18.0. The van der Waals surface area contributed by atoms with Gasteiger partial charge in [0.25, 0.3) is 5.91 Å². The Hall–Kier alpha value is -1.39. The van der Waals surface area contributed by atoms with Crippen LogP contribution in [-0.4, -0.2) is 35.0 Å². The molecule has 4 rings (SSSR count). The van der Waals surface area contributed by atoms with Gasteiger partial charge < -0.3 is 10.0 Å². The van der Waals surface area contributed by atoms with E-state index in [2.05, 4.69) is 13.8 Å². The molecule has 0 aromatic heterocycles. The van der Waals surface area contributed by atoms with E-state index in [9.17, 15) is 19.1 Å². The van der Waals surface area contributed by atoms with E-state index in [1.807, 2.05) is 0 Å². The number of rotatable bonds is 2. The molecule has 7 atom stereocenters. The van der Waals surface area contributed by atoms with E-state index in [0.717, 1.165) is 38.5 Å². The number of amides is 1. The van der Waals surface area contributed by atoms with Crippen LogP contribution in [-0.2, 0) is 9.59 Å². The number of nitrogens with zero attached hydrogens (tertiary/aromatic N) is 1. The van der Waals surface area contributed by atoms with Gasteiger partial charge in [0.15, 0.2) is 5.83 Å². The maximum absolute atomic E-state index is 14.4. The second kappa shape index (κ2) is 5.80. The summed E-state index contributed by atoms with van der Waals surface area (Å²) in [4.78, 5) is 25.0. The predicted molar refractivity (Wildman–Crippen MR) is 95.9 cm³/mol. The van der Waals surface area contributed by atoms with Crippen LogP contribution in [0.15, 0.2) is 11.9 Å². The molecule has 0 bridgehead atoms. The third kappa shape index (κ3) is 2.31. The Labute approximate surface area is 154 Å². The number of aliphatic carboxylic acids is 1. The van der Waals surface area contributed by atoms with Crippen molar-refractivity contribution in [3.63, 3.8) is 0 Å². The molecule has 4 nitrogen and oxygen atoms in total. The summed E-state index contributed by atoms with van der Waals surface area (Å²) in [5, 5.41) is 9.30. The van der Waals surface area contributed by atoms with Crippen molar-refractivity contribution in [1.29, 1.82) is 0 Å². The Kier molecular flexibility index (Phi) is 4.02. The van der Waals surface area contributed by atoms with Crippen LogP contribution in [0.4, 0.5) is 4.39 Å². The van der Waals surface area contributed by atoms with Crippen LogP contribution in [0, 0.1) is 34.5 Å². The van der Waals surface area contributed by atoms with Crippen molar-refractivity contribution in [1.82, 2.24) is 4.90 Å². The number of halogens is 1. The van der Waals surface area contributed by atoms with Crippen molar-refractivity contribution in [3.8, 4) is 0 Å². The molecule has 4 aliphatic rings. The predicted octanol–water partition coefficient (Wildman–Crippen LogP) is 4.01. The van der Waals surface area contributed by atoms with E-state index < -0.39 is 17.7 Å². The average Bonchev–Trinajstić information content (AvgIpc) is 2.89. The van der Waals surface area contributed by atoms with Gasteiger partial charge in [-0.15, -0.1) is 0 Å². The highest BCUT2D eigenvalue weighted by atomic mass is 19.1. The minimum Gasteiger partial charge on any atom is -0.481 e. The van der Waals surface area contributed by atoms with Crippen molar-refractivity contribution in [3.05, 3.63) is 11.9 Å². The topological polar surface area (TPSA) is 57.6 Å². The first-order valence-electron chi connectivity index (χ1n) is 10.1. The number of fused-ring (bicyclic) bond motifs is 5. The number of carboxylic acids is 1. The van der Waals surface area contributed by atoms with Crippen molar-refractivity contribution in [2.75, 3.05) is 7.05 Å². The molecule has 0 aromatic rings. The summed E-state index contributed by atoms with van der Waals surface area (Å²) >= 11 is 0. The quantitative estimate of drug-likeness (QED) is 0.806. The lowest BCUT2D eigenvalue weighted by atomic mass is 9.47. The van der Waals surface area contributed by atoms with Gasteiger partial charge in [-0.2, -0.15) is 0 Å². The summed E-state index contributed by atoms with van der Waals surface area (Å²) in [6, 6.07) is 0.0799. The molecule has 0 spiro atoms. The molecule has 3 saturated carbocycles. The number of likely N-dealkylation sites (N-methyl/N-ethyl adjacent to an activating group) is 1. The Morgan fingerprint density at radius 1 is 1.23 bits per heavy atom. The van der Waals surface area contributed by atoms with Gasteiger partial charge in [-0.3, -0.25) is 9.59 Å². The van der Waals surface area contributed by atoms with Gasteiger partial charge in [-0.1, -0.05) is 13.8 Å². The maximum atomic E-state index is 14.4.